The maximum Gasteiger partial charge on any atom is 0.159 e. The first-order chi connectivity index (χ1) is 12.0. The first kappa shape index (κ1) is 17.6. The Labute approximate surface area is 152 Å². The molecule has 4 nitrogen and oxygen atoms in total. The van der Waals surface area contributed by atoms with Crippen LogP contribution < -0.4 is 9.64 Å². The van der Waals surface area contributed by atoms with E-state index < -0.39 is 0 Å². The summed E-state index contributed by atoms with van der Waals surface area (Å²) in [6.07, 6.45) is 0. The minimum absolute atomic E-state index is 0.0702. The molecule has 3 aromatic rings. The van der Waals surface area contributed by atoms with Gasteiger partial charge in [-0.3, -0.25) is 4.79 Å². The average molecular weight is 355 g/mol. The van der Waals surface area contributed by atoms with Gasteiger partial charge in [-0.15, -0.1) is 11.3 Å². The van der Waals surface area contributed by atoms with Gasteiger partial charge >= 0.3 is 0 Å². The molecule has 1 unspecified atom stereocenters. The highest BCUT2D eigenvalue weighted by atomic mass is 32.1. The molecule has 0 saturated carbocycles. The molecule has 2 atom stereocenters. The molecule has 0 amide bonds. The van der Waals surface area contributed by atoms with Crippen LogP contribution in [0.1, 0.15) is 40.8 Å². The monoisotopic (exact) mass is 355 g/mol. The van der Waals surface area contributed by atoms with Crippen LogP contribution in [0.15, 0.2) is 42.5 Å². The molecule has 0 aliphatic heterocycles. The third kappa shape index (κ3) is 3.72. The summed E-state index contributed by atoms with van der Waals surface area (Å²) in [6.45, 7) is 4.54. The van der Waals surface area contributed by atoms with E-state index in [1.807, 2.05) is 30.3 Å². The summed E-state index contributed by atoms with van der Waals surface area (Å²) in [7, 11) is 3.81. The van der Waals surface area contributed by atoms with Crippen LogP contribution in [-0.4, -0.2) is 24.9 Å². The van der Waals surface area contributed by atoms with Crippen molar-refractivity contribution in [1.29, 1.82) is 0 Å². The first-order valence-electron chi connectivity index (χ1n) is 8.35. The molecule has 0 spiro atoms. The number of thiazole rings is 1. The maximum absolute atomic E-state index is 11.7. The number of carbonyl (C=O) groups is 1. The fraction of sp³-hybridized carbons (Fsp3) is 0.300. The number of hydrogen-bond acceptors (Lipinski definition) is 4. The third-order valence-corrected chi connectivity index (χ3v) is 5.80. The van der Waals surface area contributed by atoms with Crippen molar-refractivity contribution >= 4 is 27.3 Å². The summed E-state index contributed by atoms with van der Waals surface area (Å²) in [5.74, 6) is 0.890. The van der Waals surface area contributed by atoms with Gasteiger partial charge in [0.05, 0.1) is 24.4 Å². The smallest absolute Gasteiger partial charge is 0.159 e. The lowest BCUT2D eigenvalue weighted by molar-refractivity contribution is -0.923. The summed E-state index contributed by atoms with van der Waals surface area (Å²) in [4.78, 5) is 17.8. The molecular formula is C20H23N2O2S+. The Balaban J connectivity index is 1.84. The Kier molecular flexibility index (Phi) is 5.16. The number of benzene rings is 2. The van der Waals surface area contributed by atoms with Gasteiger partial charge in [-0.2, -0.15) is 0 Å². The van der Waals surface area contributed by atoms with Crippen molar-refractivity contribution in [1.82, 2.24) is 4.98 Å². The number of para-hydroxylation sites is 1. The van der Waals surface area contributed by atoms with Crippen LogP contribution >= 0.6 is 11.3 Å². The molecule has 0 radical (unpaired) electrons. The van der Waals surface area contributed by atoms with Gasteiger partial charge in [0.1, 0.15) is 18.3 Å². The number of fused-ring (bicyclic) bond motifs is 1. The Morgan fingerprint density at radius 1 is 1.28 bits per heavy atom. The van der Waals surface area contributed by atoms with Crippen LogP contribution in [0.2, 0.25) is 0 Å². The number of rotatable bonds is 6. The molecule has 1 heterocycles. The fourth-order valence-electron chi connectivity index (χ4n) is 2.88. The highest BCUT2D eigenvalue weighted by Crippen LogP contribution is 2.25. The van der Waals surface area contributed by atoms with Gasteiger partial charge in [0.15, 0.2) is 10.8 Å². The van der Waals surface area contributed by atoms with Crippen molar-refractivity contribution in [2.75, 3.05) is 14.2 Å². The summed E-state index contributed by atoms with van der Waals surface area (Å²) in [6, 6.07) is 14.1. The van der Waals surface area contributed by atoms with E-state index in [-0.39, 0.29) is 11.8 Å². The van der Waals surface area contributed by atoms with Crippen molar-refractivity contribution in [3.8, 4) is 5.75 Å². The summed E-state index contributed by atoms with van der Waals surface area (Å²) < 4.78 is 6.69. The molecule has 0 saturated heterocycles. The number of nitrogens with zero attached hydrogens (tertiary/aromatic N) is 1. The molecule has 130 valence electrons. The predicted molar refractivity (Wildman–Crippen MR) is 102 cm³/mol. The number of carbonyl (C=O) groups excluding carboxylic acids is 1. The normalized spacial score (nSPS) is 13.6. The number of ketones is 1. The zero-order valence-electron chi connectivity index (χ0n) is 15.0. The zero-order chi connectivity index (χ0) is 18.0. The third-order valence-electron chi connectivity index (χ3n) is 4.58. The molecule has 2 aromatic carbocycles. The lowest BCUT2D eigenvalue weighted by atomic mass is 10.1. The van der Waals surface area contributed by atoms with E-state index in [4.69, 9.17) is 9.72 Å². The minimum atomic E-state index is 0.0702. The number of Topliss-reactive ketones (excluding diaryl/α,β-unsaturated/α-hetero) is 1. The molecule has 5 heteroatoms. The van der Waals surface area contributed by atoms with Crippen LogP contribution in [0.5, 0.6) is 5.75 Å². The van der Waals surface area contributed by atoms with Crippen molar-refractivity contribution in [2.24, 2.45) is 0 Å². The Morgan fingerprint density at radius 3 is 2.72 bits per heavy atom. The van der Waals surface area contributed by atoms with Gasteiger partial charge in [-0.25, -0.2) is 4.98 Å². The van der Waals surface area contributed by atoms with E-state index in [0.717, 1.165) is 33.9 Å². The maximum atomic E-state index is 11.7. The topological polar surface area (TPSA) is 43.6 Å². The number of methoxy groups -OCH3 is 1. The van der Waals surface area contributed by atoms with E-state index in [1.165, 1.54) is 9.60 Å². The largest absolute Gasteiger partial charge is 0.496 e. The molecule has 0 aliphatic rings. The molecule has 0 fully saturated rings. The Morgan fingerprint density at radius 2 is 2.04 bits per heavy atom. The first-order valence-corrected chi connectivity index (χ1v) is 9.17. The van der Waals surface area contributed by atoms with Gasteiger partial charge in [0.25, 0.3) is 0 Å². The van der Waals surface area contributed by atoms with E-state index >= 15 is 0 Å². The van der Waals surface area contributed by atoms with Crippen molar-refractivity contribution < 1.29 is 14.4 Å². The Hall–Kier alpha value is -2.24. The summed E-state index contributed by atoms with van der Waals surface area (Å²) >= 11 is 1.74. The van der Waals surface area contributed by atoms with Crippen LogP contribution in [-0.2, 0) is 6.54 Å². The molecule has 25 heavy (non-hydrogen) atoms. The van der Waals surface area contributed by atoms with Crippen molar-refractivity contribution in [2.45, 2.75) is 26.4 Å². The van der Waals surface area contributed by atoms with E-state index in [2.05, 4.69) is 26.1 Å². The number of ether oxygens (including phenoxy) is 1. The lowest BCUT2D eigenvalue weighted by Crippen LogP contribution is -3.07. The second-order valence-electron chi connectivity index (χ2n) is 6.35. The second kappa shape index (κ2) is 7.33. The summed E-state index contributed by atoms with van der Waals surface area (Å²) in [5.41, 5.74) is 2.82. The molecule has 0 aliphatic carbocycles. The summed E-state index contributed by atoms with van der Waals surface area (Å²) in [5, 5.41) is 1.13. The second-order valence-corrected chi connectivity index (χ2v) is 7.41. The quantitative estimate of drug-likeness (QED) is 0.690. The molecular weight excluding hydrogens is 332 g/mol. The van der Waals surface area contributed by atoms with Gasteiger partial charge in [-0.05, 0) is 44.2 Å². The number of aromatic nitrogens is 1. The molecule has 3 rings (SSSR count). The number of nitrogens with one attached hydrogen (secondary N) is 1. The average Bonchev–Trinajstić information content (AvgIpc) is 3.04. The van der Waals surface area contributed by atoms with Gasteiger partial charge in [0.2, 0.25) is 0 Å². The van der Waals surface area contributed by atoms with Gasteiger partial charge < -0.3 is 9.64 Å². The standard InChI is InChI=1S/C20H22N2O2S/c1-13(20-21-17-7-5-6-8-19(17)25-20)22(3)12-16-11-15(14(2)23)9-10-18(16)24-4/h5-11,13H,12H2,1-4H3/p+1/t13-/m0/s1. The van der Waals surface area contributed by atoms with Crippen LogP contribution in [0, 0.1) is 0 Å². The van der Waals surface area contributed by atoms with E-state index in [9.17, 15) is 4.79 Å². The van der Waals surface area contributed by atoms with Crippen LogP contribution in [0.4, 0.5) is 0 Å². The fourth-order valence-corrected chi connectivity index (χ4v) is 3.99. The van der Waals surface area contributed by atoms with Gasteiger partial charge in [0, 0.05) is 11.1 Å². The predicted octanol–water partition coefficient (Wildman–Crippen LogP) is 3.28. The van der Waals surface area contributed by atoms with Crippen molar-refractivity contribution in [3.05, 3.63) is 58.6 Å². The van der Waals surface area contributed by atoms with E-state index in [1.54, 1.807) is 25.4 Å². The SMILES string of the molecule is COc1ccc(C(C)=O)cc1C[NH+](C)[C@@H](C)c1nc2ccccc2s1. The van der Waals surface area contributed by atoms with Gasteiger partial charge in [-0.1, -0.05) is 12.1 Å². The lowest BCUT2D eigenvalue weighted by Gasteiger charge is -2.21. The van der Waals surface area contributed by atoms with Crippen LogP contribution in [0.3, 0.4) is 0 Å². The molecule has 1 N–H and O–H groups in total. The number of quaternary nitrogens is 1. The minimum Gasteiger partial charge on any atom is -0.496 e. The zero-order valence-corrected chi connectivity index (χ0v) is 15.8. The van der Waals surface area contributed by atoms with Crippen LogP contribution in [0.25, 0.3) is 10.2 Å². The molecule has 0 bridgehead atoms. The highest BCUT2D eigenvalue weighted by Gasteiger charge is 2.21. The van der Waals surface area contributed by atoms with Crippen molar-refractivity contribution in [3.63, 3.8) is 0 Å². The Bertz CT molecular complexity index is 871. The number of hydrogen-bond donors (Lipinski definition) is 1. The molecule has 1 aromatic heterocycles. The van der Waals surface area contributed by atoms with E-state index in [0.29, 0.717) is 0 Å². The highest BCUT2D eigenvalue weighted by molar-refractivity contribution is 7.18.